The molecule has 0 atom stereocenters. The summed E-state index contributed by atoms with van der Waals surface area (Å²) in [5, 5.41) is 2.84. The number of nitrogens with zero attached hydrogens (tertiary/aromatic N) is 2. The molecule has 9 nitrogen and oxygen atoms in total. The molecule has 1 aliphatic heterocycles. The van der Waals surface area contributed by atoms with Crippen LogP contribution in [0.3, 0.4) is 0 Å². The summed E-state index contributed by atoms with van der Waals surface area (Å²) in [5.41, 5.74) is 1.69. The zero-order valence-corrected chi connectivity index (χ0v) is 19.7. The lowest BCUT2D eigenvalue weighted by atomic mass is 10.2. The van der Waals surface area contributed by atoms with Crippen molar-refractivity contribution in [3.8, 4) is 17.1 Å². The van der Waals surface area contributed by atoms with Crippen LogP contribution in [0.4, 0.5) is 0 Å². The molecule has 3 aromatic rings. The van der Waals surface area contributed by atoms with Gasteiger partial charge in [0.15, 0.2) is 11.7 Å². The summed E-state index contributed by atoms with van der Waals surface area (Å²) in [4.78, 5) is 16.7. The van der Waals surface area contributed by atoms with Gasteiger partial charge < -0.3 is 19.2 Å². The molecule has 1 fully saturated rings. The molecule has 2 aromatic carbocycles. The maximum atomic E-state index is 12.7. The smallest absolute Gasteiger partial charge is 0.243 e. The zero-order valence-electron chi connectivity index (χ0n) is 18.9. The topological polar surface area (TPSA) is 111 Å². The summed E-state index contributed by atoms with van der Waals surface area (Å²) in [6, 6.07) is 14.0. The Hall–Kier alpha value is -3.21. The molecular formula is C24H27N3O6S. The number of oxazole rings is 1. The van der Waals surface area contributed by atoms with Crippen LogP contribution < -0.4 is 10.1 Å². The van der Waals surface area contributed by atoms with Gasteiger partial charge in [0.05, 0.1) is 31.4 Å². The molecule has 180 valence electrons. The van der Waals surface area contributed by atoms with E-state index >= 15 is 0 Å². The predicted octanol–water partition coefficient (Wildman–Crippen LogP) is 2.62. The van der Waals surface area contributed by atoms with Gasteiger partial charge >= 0.3 is 0 Å². The van der Waals surface area contributed by atoms with Crippen molar-refractivity contribution in [3.63, 3.8) is 0 Å². The van der Waals surface area contributed by atoms with Crippen molar-refractivity contribution >= 4 is 15.9 Å². The molecule has 0 radical (unpaired) electrons. The molecule has 4 rings (SSSR count). The minimum absolute atomic E-state index is 0.144. The van der Waals surface area contributed by atoms with E-state index in [2.05, 4.69) is 10.3 Å². The third-order valence-electron chi connectivity index (χ3n) is 5.51. The maximum absolute atomic E-state index is 12.7. The zero-order chi connectivity index (χ0) is 24.0. The molecule has 34 heavy (non-hydrogen) atoms. The largest absolute Gasteiger partial charge is 0.497 e. The van der Waals surface area contributed by atoms with E-state index in [0.29, 0.717) is 50.9 Å². The number of nitrogens with one attached hydrogen (secondary N) is 1. The number of hydrogen-bond donors (Lipinski definition) is 1. The van der Waals surface area contributed by atoms with Crippen LogP contribution in [-0.2, 0) is 32.5 Å². The molecule has 10 heteroatoms. The molecule has 1 aliphatic rings. The standard InChI is InChI=1S/C24H27N3O6S/c1-31-20-6-4-19(5-7-20)22-17-26-24(33-22)11-10-23(28)25-16-18-2-8-21(9-3-18)34(29,30)27-12-14-32-15-13-27/h2-9,17H,10-16H2,1H3,(H,25,28). The molecule has 0 saturated carbocycles. The van der Waals surface area contributed by atoms with Gasteiger partial charge in [-0.25, -0.2) is 13.4 Å². The Kier molecular flexibility index (Phi) is 7.61. The molecule has 0 unspecified atom stereocenters. The van der Waals surface area contributed by atoms with Gasteiger partial charge in [0.25, 0.3) is 0 Å². The number of ether oxygens (including phenoxy) is 2. The van der Waals surface area contributed by atoms with Crippen LogP contribution in [-0.4, -0.2) is 57.0 Å². The first-order chi connectivity index (χ1) is 16.5. The number of methoxy groups -OCH3 is 1. The lowest BCUT2D eigenvalue weighted by molar-refractivity contribution is -0.121. The fourth-order valence-electron chi connectivity index (χ4n) is 3.54. The average molecular weight is 486 g/mol. The number of benzene rings is 2. The summed E-state index contributed by atoms with van der Waals surface area (Å²) in [6.07, 6.45) is 2.24. The number of morpholine rings is 1. The van der Waals surface area contributed by atoms with E-state index in [1.165, 1.54) is 4.31 Å². The van der Waals surface area contributed by atoms with E-state index in [-0.39, 0.29) is 17.2 Å². The van der Waals surface area contributed by atoms with Crippen LogP contribution in [0.1, 0.15) is 17.9 Å². The van der Waals surface area contributed by atoms with Crippen LogP contribution in [0.2, 0.25) is 0 Å². The molecule has 1 saturated heterocycles. The van der Waals surface area contributed by atoms with E-state index in [1.807, 2.05) is 24.3 Å². The van der Waals surface area contributed by atoms with Crippen molar-refractivity contribution in [1.29, 1.82) is 0 Å². The highest BCUT2D eigenvalue weighted by molar-refractivity contribution is 7.89. The van der Waals surface area contributed by atoms with E-state index < -0.39 is 10.0 Å². The third-order valence-corrected chi connectivity index (χ3v) is 7.43. The number of carbonyl (C=O) groups excluding carboxylic acids is 1. The van der Waals surface area contributed by atoms with Crippen LogP contribution >= 0.6 is 0 Å². The number of amides is 1. The highest BCUT2D eigenvalue weighted by Gasteiger charge is 2.26. The molecule has 0 aliphatic carbocycles. The number of hydrogen-bond acceptors (Lipinski definition) is 7. The van der Waals surface area contributed by atoms with E-state index in [4.69, 9.17) is 13.9 Å². The summed E-state index contributed by atoms with van der Waals surface area (Å²) < 4.78 is 42.9. The Morgan fingerprint density at radius 2 is 1.79 bits per heavy atom. The Bertz CT molecular complexity index is 1200. The Labute approximate surface area is 198 Å². The Balaban J connectivity index is 1.25. The maximum Gasteiger partial charge on any atom is 0.243 e. The van der Waals surface area contributed by atoms with Crippen molar-refractivity contribution in [2.24, 2.45) is 0 Å². The quantitative estimate of drug-likeness (QED) is 0.496. The van der Waals surface area contributed by atoms with Gasteiger partial charge in [-0.15, -0.1) is 0 Å². The first-order valence-corrected chi connectivity index (χ1v) is 12.4. The Morgan fingerprint density at radius 1 is 1.09 bits per heavy atom. The van der Waals surface area contributed by atoms with E-state index in [0.717, 1.165) is 16.9 Å². The van der Waals surface area contributed by atoms with Crippen molar-refractivity contribution in [2.75, 3.05) is 33.4 Å². The van der Waals surface area contributed by atoms with Crippen molar-refractivity contribution < 1.29 is 27.1 Å². The van der Waals surface area contributed by atoms with Gasteiger partial charge in [-0.1, -0.05) is 12.1 Å². The van der Waals surface area contributed by atoms with Crippen molar-refractivity contribution in [3.05, 3.63) is 66.2 Å². The number of aryl methyl sites for hydroxylation is 1. The van der Waals surface area contributed by atoms with Crippen molar-refractivity contribution in [2.45, 2.75) is 24.3 Å². The number of aromatic nitrogens is 1. The molecule has 1 N–H and O–H groups in total. The highest BCUT2D eigenvalue weighted by Crippen LogP contribution is 2.23. The second kappa shape index (κ2) is 10.8. The summed E-state index contributed by atoms with van der Waals surface area (Å²) in [7, 11) is -1.92. The van der Waals surface area contributed by atoms with E-state index in [9.17, 15) is 13.2 Å². The van der Waals surface area contributed by atoms with Gasteiger partial charge in [0, 0.05) is 38.0 Å². The van der Waals surface area contributed by atoms with Gasteiger partial charge in [0.1, 0.15) is 5.75 Å². The molecule has 0 spiro atoms. The van der Waals surface area contributed by atoms with Gasteiger partial charge in [0.2, 0.25) is 15.9 Å². The number of carbonyl (C=O) groups is 1. The average Bonchev–Trinajstić information content (AvgIpc) is 3.36. The fraction of sp³-hybridized carbons (Fsp3) is 0.333. The second-order valence-electron chi connectivity index (χ2n) is 7.78. The van der Waals surface area contributed by atoms with Crippen LogP contribution in [0.5, 0.6) is 5.75 Å². The SMILES string of the molecule is COc1ccc(-c2cnc(CCC(=O)NCc3ccc(S(=O)(=O)N4CCOCC4)cc3)o2)cc1. The summed E-state index contributed by atoms with van der Waals surface area (Å²) in [5.74, 6) is 1.73. The summed E-state index contributed by atoms with van der Waals surface area (Å²) in [6.45, 7) is 1.82. The minimum atomic E-state index is -3.53. The van der Waals surface area contributed by atoms with E-state index in [1.54, 1.807) is 37.6 Å². The van der Waals surface area contributed by atoms with Crippen LogP contribution in [0, 0.1) is 0 Å². The molecule has 0 bridgehead atoms. The highest BCUT2D eigenvalue weighted by atomic mass is 32.2. The van der Waals surface area contributed by atoms with Crippen LogP contribution in [0.25, 0.3) is 11.3 Å². The van der Waals surface area contributed by atoms with Gasteiger partial charge in [-0.05, 0) is 42.0 Å². The van der Waals surface area contributed by atoms with Gasteiger partial charge in [-0.2, -0.15) is 4.31 Å². The third kappa shape index (κ3) is 5.82. The lowest BCUT2D eigenvalue weighted by Crippen LogP contribution is -2.40. The summed E-state index contributed by atoms with van der Waals surface area (Å²) >= 11 is 0. The number of sulfonamides is 1. The first-order valence-electron chi connectivity index (χ1n) is 11.0. The second-order valence-corrected chi connectivity index (χ2v) is 9.72. The predicted molar refractivity (Wildman–Crippen MR) is 125 cm³/mol. The Morgan fingerprint density at radius 3 is 2.47 bits per heavy atom. The molecule has 1 aromatic heterocycles. The van der Waals surface area contributed by atoms with Crippen LogP contribution in [0.15, 0.2) is 64.0 Å². The normalized spacial score (nSPS) is 14.6. The van der Waals surface area contributed by atoms with Crippen molar-refractivity contribution in [1.82, 2.24) is 14.6 Å². The monoisotopic (exact) mass is 485 g/mol. The molecular weight excluding hydrogens is 458 g/mol. The minimum Gasteiger partial charge on any atom is -0.497 e. The molecule has 1 amide bonds. The van der Waals surface area contributed by atoms with Gasteiger partial charge in [-0.3, -0.25) is 4.79 Å². The fourth-order valence-corrected chi connectivity index (χ4v) is 4.95. The molecule has 2 heterocycles. The lowest BCUT2D eigenvalue weighted by Gasteiger charge is -2.26. The number of rotatable bonds is 9. The first kappa shape index (κ1) is 23.9.